The van der Waals surface area contributed by atoms with Gasteiger partial charge in [0.05, 0.1) is 5.56 Å². The average Bonchev–Trinajstić information content (AvgIpc) is 2.33. The number of benzene rings is 1. The Bertz CT molecular complexity index is 384. The molecule has 0 saturated heterocycles. The van der Waals surface area contributed by atoms with E-state index < -0.39 is 5.97 Å². The van der Waals surface area contributed by atoms with E-state index in [1.807, 2.05) is 6.07 Å². The Balaban J connectivity index is -0.000000963. The van der Waals surface area contributed by atoms with Gasteiger partial charge >= 0.3 is 29.0 Å². The van der Waals surface area contributed by atoms with E-state index in [2.05, 4.69) is 19.9 Å². The van der Waals surface area contributed by atoms with E-state index >= 15 is 0 Å². The molecule has 0 radical (unpaired) electrons. The molecule has 3 heteroatoms. The summed E-state index contributed by atoms with van der Waals surface area (Å²) in [6.45, 7) is 4.30. The molecule has 0 spiro atoms. The molecule has 1 aromatic rings. The van der Waals surface area contributed by atoms with Gasteiger partial charge in [0, 0.05) is 0 Å². The Kier molecular flexibility index (Phi) is 9.11. The zero-order valence-electron chi connectivity index (χ0n) is 13.5. The van der Waals surface area contributed by atoms with Gasteiger partial charge in [0.25, 0.3) is 0 Å². The predicted molar refractivity (Wildman–Crippen MR) is 78.6 cm³/mol. The third kappa shape index (κ3) is 5.40. The molecule has 1 rings (SSSR count). The number of hydrogen-bond acceptors (Lipinski definition) is 1. The SMILES string of the molecule is CCCCc1ccc(C(=O)O)c(CCCC)c1.[H-].[H-].[Mg+2]. The normalized spacial score (nSPS) is 9.89. The molecule has 98 valence electrons. The van der Waals surface area contributed by atoms with Crippen LogP contribution in [0.5, 0.6) is 0 Å². The van der Waals surface area contributed by atoms with Gasteiger partial charge in [0.15, 0.2) is 0 Å². The molecule has 0 fully saturated rings. The first-order chi connectivity index (χ1) is 8.19. The maximum Gasteiger partial charge on any atom is 2.00 e. The molecule has 0 atom stereocenters. The van der Waals surface area contributed by atoms with Gasteiger partial charge < -0.3 is 7.96 Å². The molecule has 18 heavy (non-hydrogen) atoms. The Morgan fingerprint density at radius 2 is 1.78 bits per heavy atom. The van der Waals surface area contributed by atoms with Crippen LogP contribution in [0.1, 0.15) is 63.9 Å². The minimum atomic E-state index is -0.807. The van der Waals surface area contributed by atoms with Crippen LogP contribution < -0.4 is 0 Å². The summed E-state index contributed by atoms with van der Waals surface area (Å²) in [5, 5.41) is 9.13. The molecule has 0 amide bonds. The summed E-state index contributed by atoms with van der Waals surface area (Å²) in [4.78, 5) is 11.1. The van der Waals surface area contributed by atoms with Crippen molar-refractivity contribution in [2.24, 2.45) is 0 Å². The van der Waals surface area contributed by atoms with Crippen molar-refractivity contribution in [1.82, 2.24) is 0 Å². The number of hydrogen-bond donors (Lipinski definition) is 1. The minimum Gasteiger partial charge on any atom is -1.00 e. The predicted octanol–water partition coefficient (Wildman–Crippen LogP) is 3.91. The largest absolute Gasteiger partial charge is 2.00 e. The van der Waals surface area contributed by atoms with Gasteiger partial charge in [-0.05, 0) is 42.9 Å². The van der Waals surface area contributed by atoms with E-state index in [4.69, 9.17) is 5.11 Å². The van der Waals surface area contributed by atoms with Crippen LogP contribution in [-0.4, -0.2) is 34.1 Å². The summed E-state index contributed by atoms with van der Waals surface area (Å²) in [5.41, 5.74) is 2.73. The summed E-state index contributed by atoms with van der Waals surface area (Å²) >= 11 is 0. The summed E-state index contributed by atoms with van der Waals surface area (Å²) in [6.07, 6.45) is 6.41. The van der Waals surface area contributed by atoms with Gasteiger partial charge in [-0.25, -0.2) is 4.79 Å². The maximum absolute atomic E-state index is 11.1. The third-order valence-electron chi connectivity index (χ3n) is 3.02. The van der Waals surface area contributed by atoms with Crippen LogP contribution in [-0.2, 0) is 12.8 Å². The monoisotopic (exact) mass is 260 g/mol. The molecule has 0 unspecified atom stereocenters. The van der Waals surface area contributed by atoms with Crippen LogP contribution in [0.15, 0.2) is 18.2 Å². The molecule has 0 aromatic heterocycles. The van der Waals surface area contributed by atoms with Crippen LogP contribution in [0.2, 0.25) is 0 Å². The standard InChI is InChI=1S/C15H22O2.Mg.2H/c1-3-5-7-12-9-10-14(15(16)17)13(11-12)8-6-4-2;;;/h9-11H,3-8H2,1-2H3,(H,16,17);;;/q;+2;2*-1. The minimum absolute atomic E-state index is 0. The van der Waals surface area contributed by atoms with Gasteiger partial charge in [-0.1, -0.05) is 38.8 Å². The molecular weight excluding hydrogens is 236 g/mol. The molecule has 2 nitrogen and oxygen atoms in total. The third-order valence-corrected chi connectivity index (χ3v) is 3.02. The number of rotatable bonds is 7. The summed E-state index contributed by atoms with van der Waals surface area (Å²) in [7, 11) is 0. The quantitative estimate of drug-likeness (QED) is 0.755. The first-order valence-electron chi connectivity index (χ1n) is 6.54. The molecule has 1 N–H and O–H groups in total. The van der Waals surface area contributed by atoms with Crippen LogP contribution >= 0.6 is 0 Å². The van der Waals surface area contributed by atoms with Crippen LogP contribution in [0.4, 0.5) is 0 Å². The average molecular weight is 261 g/mol. The number of aromatic carboxylic acids is 1. The number of carbonyl (C=O) groups is 1. The van der Waals surface area contributed by atoms with Crippen molar-refractivity contribution in [2.75, 3.05) is 0 Å². The van der Waals surface area contributed by atoms with E-state index in [0.717, 1.165) is 31.2 Å². The van der Waals surface area contributed by atoms with E-state index in [-0.39, 0.29) is 25.9 Å². The fourth-order valence-corrected chi connectivity index (χ4v) is 1.97. The van der Waals surface area contributed by atoms with Gasteiger partial charge in [-0.15, -0.1) is 0 Å². The van der Waals surface area contributed by atoms with E-state index in [9.17, 15) is 4.79 Å². The van der Waals surface area contributed by atoms with Crippen molar-refractivity contribution in [3.8, 4) is 0 Å². The molecule has 0 aliphatic rings. The second kappa shape index (κ2) is 9.39. The van der Waals surface area contributed by atoms with Gasteiger partial charge in [0.2, 0.25) is 0 Å². The second-order valence-corrected chi connectivity index (χ2v) is 4.50. The Morgan fingerprint density at radius 1 is 1.17 bits per heavy atom. The fraction of sp³-hybridized carbons (Fsp3) is 0.533. The van der Waals surface area contributed by atoms with Crippen molar-refractivity contribution in [3.05, 3.63) is 34.9 Å². The molecule has 0 aliphatic carbocycles. The second-order valence-electron chi connectivity index (χ2n) is 4.50. The van der Waals surface area contributed by atoms with Gasteiger partial charge in [-0.3, -0.25) is 0 Å². The fourth-order valence-electron chi connectivity index (χ4n) is 1.97. The molecule has 0 heterocycles. The molecule has 1 aromatic carbocycles. The summed E-state index contributed by atoms with van der Waals surface area (Å²) < 4.78 is 0. The zero-order valence-corrected chi connectivity index (χ0v) is 13.0. The molecule has 0 bridgehead atoms. The van der Waals surface area contributed by atoms with E-state index in [0.29, 0.717) is 5.56 Å². The van der Waals surface area contributed by atoms with Gasteiger partial charge in [0.1, 0.15) is 0 Å². The smallest absolute Gasteiger partial charge is 1.00 e. The first-order valence-corrected chi connectivity index (χ1v) is 6.54. The van der Waals surface area contributed by atoms with E-state index in [1.54, 1.807) is 6.07 Å². The van der Waals surface area contributed by atoms with Crippen molar-refractivity contribution >= 4 is 29.0 Å². The maximum atomic E-state index is 11.1. The van der Waals surface area contributed by atoms with Crippen molar-refractivity contribution in [1.29, 1.82) is 0 Å². The van der Waals surface area contributed by atoms with E-state index in [1.165, 1.54) is 18.4 Å². The Morgan fingerprint density at radius 3 is 2.33 bits per heavy atom. The number of aryl methyl sites for hydroxylation is 2. The molecule has 0 saturated carbocycles. The number of carboxylic acid groups (broad SMARTS) is 1. The summed E-state index contributed by atoms with van der Waals surface area (Å²) in [6, 6.07) is 5.79. The Labute approximate surface area is 129 Å². The topological polar surface area (TPSA) is 37.3 Å². The van der Waals surface area contributed by atoms with Crippen molar-refractivity contribution in [3.63, 3.8) is 0 Å². The van der Waals surface area contributed by atoms with Crippen LogP contribution in [0.25, 0.3) is 0 Å². The van der Waals surface area contributed by atoms with Gasteiger partial charge in [-0.2, -0.15) is 0 Å². The van der Waals surface area contributed by atoms with Crippen LogP contribution in [0, 0.1) is 0 Å². The number of unbranched alkanes of at least 4 members (excludes halogenated alkanes) is 2. The van der Waals surface area contributed by atoms with Crippen molar-refractivity contribution in [2.45, 2.75) is 52.4 Å². The van der Waals surface area contributed by atoms with Crippen molar-refractivity contribution < 1.29 is 12.8 Å². The molecular formula is C15H24MgO2. The van der Waals surface area contributed by atoms with Crippen LogP contribution in [0.3, 0.4) is 0 Å². The molecule has 0 aliphatic heterocycles. The summed E-state index contributed by atoms with van der Waals surface area (Å²) in [5.74, 6) is -0.807. The first kappa shape index (κ1) is 17.5. The number of carboxylic acids is 1. The zero-order chi connectivity index (χ0) is 12.7. The Hall–Kier alpha value is -0.544.